The first-order valence-electron chi connectivity index (χ1n) is 12.2. The van der Waals surface area contributed by atoms with Gasteiger partial charge in [0.05, 0.1) is 18.6 Å². The molecular weight excluding hydrogens is 627 g/mol. The standard InChI is InChI=1S/C18H24N4O.3C2HF3O2/c1-23-12-16-10-21(8-15-3-2-6-19-7-15)11-17-18(16)22(13-20-17)9-14-4-5-14;3*3-2(4,5)1(6)7/h2-3,6-7,13-14,16H,4-5,8-12H2,1H3;3*(H,6,7). The van der Waals surface area contributed by atoms with Gasteiger partial charge in [0.15, 0.2) is 0 Å². The molecule has 1 saturated carbocycles. The molecule has 20 heteroatoms. The molecule has 2 aromatic rings. The number of methoxy groups -OCH3 is 1. The zero-order valence-electron chi connectivity index (χ0n) is 22.7. The Balaban J connectivity index is 0.000000379. The third kappa shape index (κ3) is 14.0. The summed E-state index contributed by atoms with van der Waals surface area (Å²) in [6.07, 6.45) is -6.69. The van der Waals surface area contributed by atoms with Crippen LogP contribution in [0.15, 0.2) is 30.9 Å². The minimum absolute atomic E-state index is 0.404. The molecule has 0 radical (unpaired) electrons. The van der Waals surface area contributed by atoms with Gasteiger partial charge in [-0.2, -0.15) is 39.5 Å². The number of fused-ring (bicyclic) bond motifs is 1. The van der Waals surface area contributed by atoms with E-state index in [1.807, 2.05) is 24.8 Å². The van der Waals surface area contributed by atoms with Gasteiger partial charge in [-0.3, -0.25) is 9.88 Å². The van der Waals surface area contributed by atoms with E-state index in [2.05, 4.69) is 20.5 Å². The number of carbonyl (C=O) groups is 3. The van der Waals surface area contributed by atoms with E-state index in [1.54, 1.807) is 7.11 Å². The van der Waals surface area contributed by atoms with Crippen LogP contribution in [0.4, 0.5) is 39.5 Å². The van der Waals surface area contributed by atoms with Crippen LogP contribution in [0.2, 0.25) is 0 Å². The summed E-state index contributed by atoms with van der Waals surface area (Å²) in [4.78, 5) is 38.1. The number of aromatic nitrogens is 3. The molecule has 1 atom stereocenters. The zero-order chi connectivity index (χ0) is 33.9. The number of nitrogens with zero attached hydrogens (tertiary/aromatic N) is 4. The van der Waals surface area contributed by atoms with Crippen LogP contribution in [-0.4, -0.2) is 91.5 Å². The monoisotopic (exact) mass is 654 g/mol. The van der Waals surface area contributed by atoms with Crippen molar-refractivity contribution in [3.05, 3.63) is 47.8 Å². The van der Waals surface area contributed by atoms with Gasteiger partial charge in [0, 0.05) is 57.3 Å². The number of carboxylic acid groups (broad SMARTS) is 3. The maximum atomic E-state index is 10.6. The molecule has 0 bridgehead atoms. The van der Waals surface area contributed by atoms with E-state index in [1.165, 1.54) is 29.8 Å². The van der Waals surface area contributed by atoms with E-state index >= 15 is 0 Å². The topological polar surface area (TPSA) is 155 Å². The van der Waals surface area contributed by atoms with E-state index in [9.17, 15) is 39.5 Å². The van der Waals surface area contributed by atoms with Crippen molar-refractivity contribution in [2.45, 2.75) is 56.9 Å². The number of alkyl halides is 9. The summed E-state index contributed by atoms with van der Waals surface area (Å²) in [5.74, 6) is -7.00. The van der Waals surface area contributed by atoms with Gasteiger partial charge in [-0.1, -0.05) is 6.07 Å². The van der Waals surface area contributed by atoms with Crippen LogP contribution < -0.4 is 0 Å². The van der Waals surface area contributed by atoms with Crippen LogP contribution in [0.3, 0.4) is 0 Å². The molecule has 1 aliphatic heterocycles. The summed E-state index contributed by atoms with van der Waals surface area (Å²) in [5.41, 5.74) is 3.88. The van der Waals surface area contributed by atoms with Crippen molar-refractivity contribution in [2.75, 3.05) is 20.3 Å². The Morgan fingerprint density at radius 3 is 1.82 bits per heavy atom. The summed E-state index contributed by atoms with van der Waals surface area (Å²) in [6, 6.07) is 4.14. The van der Waals surface area contributed by atoms with Crippen molar-refractivity contribution in [2.24, 2.45) is 5.92 Å². The van der Waals surface area contributed by atoms with E-state index in [-0.39, 0.29) is 0 Å². The number of carboxylic acids is 3. The lowest BCUT2D eigenvalue weighted by atomic mass is 9.98. The summed E-state index contributed by atoms with van der Waals surface area (Å²) >= 11 is 0. The van der Waals surface area contributed by atoms with Gasteiger partial charge in [0.25, 0.3) is 0 Å². The second-order valence-electron chi connectivity index (χ2n) is 9.26. The first-order valence-corrected chi connectivity index (χ1v) is 12.2. The molecule has 44 heavy (non-hydrogen) atoms. The van der Waals surface area contributed by atoms with Gasteiger partial charge in [0.1, 0.15) is 0 Å². The molecule has 3 N–H and O–H groups in total. The summed E-state index contributed by atoms with van der Waals surface area (Å²) in [5, 5.41) is 21.4. The van der Waals surface area contributed by atoms with E-state index in [0.29, 0.717) is 5.92 Å². The number of halogens is 9. The van der Waals surface area contributed by atoms with Crippen LogP contribution >= 0.6 is 0 Å². The van der Waals surface area contributed by atoms with Gasteiger partial charge >= 0.3 is 36.4 Å². The number of imidazole rings is 1. The molecule has 2 aliphatic rings. The van der Waals surface area contributed by atoms with E-state index < -0.39 is 36.4 Å². The fourth-order valence-corrected chi connectivity index (χ4v) is 3.63. The van der Waals surface area contributed by atoms with Crippen LogP contribution in [0, 0.1) is 5.92 Å². The SMILES string of the molecule is COCC1CN(Cc2cccnc2)Cc2ncn(CC3CC3)c21.O=C(O)C(F)(F)F.O=C(O)C(F)(F)F.O=C(O)C(F)(F)F. The van der Waals surface area contributed by atoms with E-state index in [4.69, 9.17) is 39.4 Å². The van der Waals surface area contributed by atoms with E-state index in [0.717, 1.165) is 38.7 Å². The maximum Gasteiger partial charge on any atom is 0.490 e. The Labute approximate surface area is 242 Å². The average molecular weight is 654 g/mol. The summed E-state index contributed by atoms with van der Waals surface area (Å²) < 4.78 is 103. The Hall–Kier alpha value is -3.94. The van der Waals surface area contributed by atoms with Crippen molar-refractivity contribution in [3.8, 4) is 0 Å². The molecule has 0 saturated heterocycles. The minimum Gasteiger partial charge on any atom is -0.475 e. The van der Waals surface area contributed by atoms with Crippen LogP contribution in [0.5, 0.6) is 0 Å². The number of ether oxygens (including phenoxy) is 1. The van der Waals surface area contributed by atoms with Crippen molar-refractivity contribution in [1.29, 1.82) is 0 Å². The first kappa shape index (κ1) is 38.1. The second-order valence-corrected chi connectivity index (χ2v) is 9.26. The molecule has 4 rings (SSSR count). The van der Waals surface area contributed by atoms with Gasteiger partial charge in [-0.25, -0.2) is 19.4 Å². The summed E-state index contributed by atoms with van der Waals surface area (Å²) in [6.45, 7) is 4.75. The number of hydrogen-bond acceptors (Lipinski definition) is 7. The Morgan fingerprint density at radius 1 is 0.932 bits per heavy atom. The van der Waals surface area contributed by atoms with Crippen molar-refractivity contribution in [1.82, 2.24) is 19.4 Å². The van der Waals surface area contributed by atoms with Gasteiger partial charge in [-0.05, 0) is 30.4 Å². The lowest BCUT2D eigenvalue weighted by Gasteiger charge is -2.33. The molecule has 11 nitrogen and oxygen atoms in total. The average Bonchev–Trinajstić information content (AvgIpc) is 3.62. The second kappa shape index (κ2) is 16.2. The molecule has 1 aliphatic carbocycles. The van der Waals surface area contributed by atoms with Gasteiger partial charge in [-0.15, -0.1) is 0 Å². The van der Waals surface area contributed by atoms with Crippen molar-refractivity contribution in [3.63, 3.8) is 0 Å². The molecule has 1 fully saturated rings. The third-order valence-electron chi connectivity index (χ3n) is 5.57. The van der Waals surface area contributed by atoms with Crippen LogP contribution in [-0.2, 0) is 38.8 Å². The van der Waals surface area contributed by atoms with Gasteiger partial charge < -0.3 is 24.6 Å². The number of pyridine rings is 1. The maximum absolute atomic E-state index is 10.6. The molecular formula is C24H27F9N4O7. The fourth-order valence-electron chi connectivity index (χ4n) is 3.63. The number of rotatable bonds is 6. The third-order valence-corrected chi connectivity index (χ3v) is 5.57. The highest BCUT2D eigenvalue weighted by molar-refractivity contribution is 5.73. The zero-order valence-corrected chi connectivity index (χ0v) is 22.7. The van der Waals surface area contributed by atoms with Crippen molar-refractivity contribution >= 4 is 17.9 Å². The van der Waals surface area contributed by atoms with Crippen LogP contribution in [0.1, 0.15) is 35.7 Å². The highest BCUT2D eigenvalue weighted by Gasteiger charge is 2.39. The molecule has 0 aromatic carbocycles. The lowest BCUT2D eigenvalue weighted by molar-refractivity contribution is -0.193. The van der Waals surface area contributed by atoms with Gasteiger partial charge in [0.2, 0.25) is 0 Å². The Morgan fingerprint density at radius 2 is 1.43 bits per heavy atom. The molecule has 0 spiro atoms. The molecule has 248 valence electrons. The fraction of sp³-hybridized carbons (Fsp3) is 0.542. The highest BCUT2D eigenvalue weighted by Crippen LogP contribution is 2.34. The molecule has 2 aromatic heterocycles. The number of aliphatic carboxylic acids is 3. The Bertz CT molecular complexity index is 1160. The van der Waals surface area contributed by atoms with Crippen LogP contribution in [0.25, 0.3) is 0 Å². The predicted molar refractivity (Wildman–Crippen MR) is 129 cm³/mol. The quantitative estimate of drug-likeness (QED) is 0.384. The highest BCUT2D eigenvalue weighted by atomic mass is 19.4. The minimum atomic E-state index is -5.08. The largest absolute Gasteiger partial charge is 0.490 e. The molecule has 1 unspecified atom stereocenters. The summed E-state index contributed by atoms with van der Waals surface area (Å²) in [7, 11) is 1.79. The number of hydrogen-bond donors (Lipinski definition) is 3. The smallest absolute Gasteiger partial charge is 0.475 e. The lowest BCUT2D eigenvalue weighted by Crippen LogP contribution is -2.36. The van der Waals surface area contributed by atoms with Crippen molar-refractivity contribution < 1.29 is 74.0 Å². The molecule has 3 heterocycles. The first-order chi connectivity index (χ1) is 20.2. The predicted octanol–water partition coefficient (Wildman–Crippen LogP) is 4.33. The Kier molecular flexibility index (Phi) is 14.0. The molecule has 0 amide bonds. The normalized spacial score (nSPS) is 16.5.